The number of fused-ring (bicyclic) bond motifs is 1. The van der Waals surface area contributed by atoms with E-state index >= 15 is 0 Å². The Morgan fingerprint density at radius 3 is 2.44 bits per heavy atom. The Hall–Kier alpha value is -0.465. The summed E-state index contributed by atoms with van der Waals surface area (Å²) in [6, 6.07) is 1.57. The van der Waals surface area contributed by atoms with Crippen LogP contribution in [0.2, 0.25) is 5.82 Å². The number of likely N-dealkylation sites (tertiary alicyclic amines) is 1. The number of hydrogen-bond acceptors (Lipinski definition) is 1. The van der Waals surface area contributed by atoms with Crippen LogP contribution in [0, 0.1) is 5.92 Å². The Labute approximate surface area is 114 Å². The molecule has 2 rings (SSSR count). The molecule has 1 saturated carbocycles. The van der Waals surface area contributed by atoms with E-state index in [1.54, 1.807) is 0 Å². The topological polar surface area (TPSA) is 15.6 Å². The van der Waals surface area contributed by atoms with Crippen LogP contribution in [-0.4, -0.2) is 36.7 Å². The van der Waals surface area contributed by atoms with Gasteiger partial charge in [0.25, 0.3) is 0 Å². The second kappa shape index (κ2) is 5.67. The van der Waals surface area contributed by atoms with Gasteiger partial charge in [-0.15, -0.1) is 0 Å². The lowest BCUT2D eigenvalue weighted by Gasteiger charge is -2.33. The molecule has 0 aromatic rings. The number of hydrogen-bond donors (Lipinski definition) is 0. The van der Waals surface area contributed by atoms with Crippen molar-refractivity contribution < 1.29 is 0 Å². The number of aliphatic imine (C=N–C) groups is 1. The van der Waals surface area contributed by atoms with E-state index in [1.807, 2.05) is 0 Å². The van der Waals surface area contributed by atoms with E-state index in [4.69, 9.17) is 12.8 Å². The van der Waals surface area contributed by atoms with E-state index in [2.05, 4.69) is 32.6 Å². The lowest BCUT2D eigenvalue weighted by molar-refractivity contribution is 0.226. The molecule has 0 aromatic carbocycles. The minimum atomic E-state index is 0.374. The zero-order valence-corrected chi connectivity index (χ0v) is 12.4. The largest absolute Gasteiger partial charge is 0.355 e. The van der Waals surface area contributed by atoms with Crippen LogP contribution in [0.3, 0.4) is 0 Å². The zero-order valence-electron chi connectivity index (χ0n) is 12.4. The maximum atomic E-state index is 6.39. The van der Waals surface area contributed by atoms with Crippen molar-refractivity contribution in [1.82, 2.24) is 4.90 Å². The summed E-state index contributed by atoms with van der Waals surface area (Å²) in [6.45, 7) is 8.91. The van der Waals surface area contributed by atoms with E-state index in [1.165, 1.54) is 31.5 Å². The van der Waals surface area contributed by atoms with Crippen LogP contribution >= 0.6 is 0 Å². The van der Waals surface area contributed by atoms with Crippen molar-refractivity contribution in [2.75, 3.05) is 0 Å². The maximum Gasteiger partial charge on any atom is 0.1000 e. The summed E-state index contributed by atoms with van der Waals surface area (Å²) < 4.78 is 0. The van der Waals surface area contributed by atoms with E-state index in [9.17, 15) is 0 Å². The van der Waals surface area contributed by atoms with Gasteiger partial charge in [0.05, 0.1) is 13.7 Å². The molecule has 1 heterocycles. The maximum absolute atomic E-state index is 6.39. The van der Waals surface area contributed by atoms with Gasteiger partial charge in [-0.1, -0.05) is 25.1 Å². The van der Waals surface area contributed by atoms with E-state index < -0.39 is 0 Å². The third-order valence-electron chi connectivity index (χ3n) is 4.37. The summed E-state index contributed by atoms with van der Waals surface area (Å²) in [6.07, 6.45) is 6.22. The van der Waals surface area contributed by atoms with Gasteiger partial charge < -0.3 is 4.90 Å². The highest BCUT2D eigenvalue weighted by molar-refractivity contribution is 6.12. The first-order valence-electron chi connectivity index (χ1n) is 7.61. The summed E-state index contributed by atoms with van der Waals surface area (Å²) in [4.78, 5) is 7.42. The highest BCUT2D eigenvalue weighted by Gasteiger charge is 2.42. The fraction of sp³-hybridized carbons (Fsp3) is 0.933. The molecule has 18 heavy (non-hydrogen) atoms. The van der Waals surface area contributed by atoms with Crippen LogP contribution in [-0.2, 0) is 0 Å². The third kappa shape index (κ3) is 2.75. The summed E-state index contributed by atoms with van der Waals surface area (Å²) in [5.41, 5.74) is 0. The first-order valence-corrected chi connectivity index (χ1v) is 7.61. The molecule has 1 aliphatic carbocycles. The molecular formula is C15H27BN2. The highest BCUT2D eigenvalue weighted by atomic mass is 15.3. The van der Waals surface area contributed by atoms with Gasteiger partial charge in [0.1, 0.15) is 0 Å². The van der Waals surface area contributed by atoms with Gasteiger partial charge in [0.15, 0.2) is 0 Å². The molecule has 0 spiro atoms. The molecular weight excluding hydrogens is 219 g/mol. The molecule has 2 aliphatic rings. The molecule has 0 N–H and O–H groups in total. The van der Waals surface area contributed by atoms with Crippen LogP contribution in [0.25, 0.3) is 0 Å². The Balaban J connectivity index is 2.26. The smallest absolute Gasteiger partial charge is 0.1000 e. The molecule has 1 aliphatic heterocycles. The van der Waals surface area contributed by atoms with Gasteiger partial charge in [0, 0.05) is 24.5 Å². The summed E-state index contributed by atoms with van der Waals surface area (Å²) in [7, 11) is 6.39. The molecule has 0 aromatic heterocycles. The van der Waals surface area contributed by atoms with Crippen molar-refractivity contribution >= 4 is 13.7 Å². The molecule has 3 unspecified atom stereocenters. The standard InChI is InChI=1S/C15H27BN2/c1-10(2)17-15-9-12-13(16)7-5-6-8-14(12)18(15)11(3)4/h10-14H,5-9H2,1-4H3. The van der Waals surface area contributed by atoms with Crippen molar-refractivity contribution in [2.24, 2.45) is 10.9 Å². The third-order valence-corrected chi connectivity index (χ3v) is 4.37. The van der Waals surface area contributed by atoms with Gasteiger partial charge in [-0.3, -0.25) is 4.99 Å². The molecule has 3 heteroatoms. The molecule has 100 valence electrons. The summed E-state index contributed by atoms with van der Waals surface area (Å²) in [5, 5.41) is 0. The van der Waals surface area contributed by atoms with Crippen LogP contribution in [0.15, 0.2) is 4.99 Å². The Kier molecular flexibility index (Phi) is 4.39. The van der Waals surface area contributed by atoms with E-state index in [0.717, 1.165) is 6.42 Å². The van der Waals surface area contributed by atoms with Gasteiger partial charge in [0.2, 0.25) is 0 Å². The van der Waals surface area contributed by atoms with Gasteiger partial charge in [-0.05, 0) is 40.0 Å². The molecule has 2 nitrogen and oxygen atoms in total. The molecule has 0 amide bonds. The molecule has 0 bridgehead atoms. The monoisotopic (exact) mass is 246 g/mol. The van der Waals surface area contributed by atoms with Gasteiger partial charge >= 0.3 is 0 Å². The fourth-order valence-corrected chi connectivity index (χ4v) is 3.69. The van der Waals surface area contributed by atoms with Crippen LogP contribution in [0.5, 0.6) is 0 Å². The molecule has 1 saturated heterocycles. The Morgan fingerprint density at radius 1 is 1.17 bits per heavy atom. The van der Waals surface area contributed by atoms with Crippen molar-refractivity contribution in [3.8, 4) is 0 Å². The molecule has 2 fully saturated rings. The van der Waals surface area contributed by atoms with Crippen LogP contribution in [0.4, 0.5) is 0 Å². The first kappa shape index (κ1) is 14.0. The zero-order chi connectivity index (χ0) is 13.3. The van der Waals surface area contributed by atoms with Gasteiger partial charge in [-0.25, -0.2) is 0 Å². The SMILES string of the molecule is [B]C1CCCCC2C1CC(=NC(C)C)N2C(C)C. The average molecular weight is 246 g/mol. The van der Waals surface area contributed by atoms with E-state index in [0.29, 0.717) is 29.9 Å². The fourth-order valence-electron chi connectivity index (χ4n) is 3.69. The van der Waals surface area contributed by atoms with Gasteiger partial charge in [-0.2, -0.15) is 0 Å². The molecule has 2 radical (unpaired) electrons. The van der Waals surface area contributed by atoms with Crippen LogP contribution < -0.4 is 0 Å². The lowest BCUT2D eigenvalue weighted by Crippen LogP contribution is -2.41. The quantitative estimate of drug-likeness (QED) is 0.681. The predicted octanol–water partition coefficient (Wildman–Crippen LogP) is 3.42. The minimum Gasteiger partial charge on any atom is -0.355 e. The van der Waals surface area contributed by atoms with Crippen LogP contribution in [0.1, 0.15) is 59.8 Å². The van der Waals surface area contributed by atoms with Crippen molar-refractivity contribution in [3.63, 3.8) is 0 Å². The lowest BCUT2D eigenvalue weighted by atomic mass is 9.72. The van der Waals surface area contributed by atoms with Crippen molar-refractivity contribution in [3.05, 3.63) is 0 Å². The Bertz CT molecular complexity index is 312. The average Bonchev–Trinajstić information content (AvgIpc) is 2.52. The number of nitrogens with zero attached hydrogens (tertiary/aromatic N) is 2. The van der Waals surface area contributed by atoms with Crippen molar-refractivity contribution in [2.45, 2.75) is 83.7 Å². The highest BCUT2D eigenvalue weighted by Crippen LogP contribution is 2.42. The predicted molar refractivity (Wildman–Crippen MR) is 79.4 cm³/mol. The summed E-state index contributed by atoms with van der Waals surface area (Å²) in [5.74, 6) is 2.32. The number of rotatable bonds is 2. The summed E-state index contributed by atoms with van der Waals surface area (Å²) >= 11 is 0. The molecule has 3 atom stereocenters. The second-order valence-corrected chi connectivity index (χ2v) is 6.52. The number of amidine groups is 1. The Morgan fingerprint density at radius 2 is 1.83 bits per heavy atom. The van der Waals surface area contributed by atoms with Crippen molar-refractivity contribution in [1.29, 1.82) is 0 Å². The first-order chi connectivity index (χ1) is 8.50. The van der Waals surface area contributed by atoms with E-state index in [-0.39, 0.29) is 0 Å². The normalized spacial score (nSPS) is 35.3. The second-order valence-electron chi connectivity index (χ2n) is 6.52. The minimum absolute atomic E-state index is 0.374.